The van der Waals surface area contributed by atoms with Gasteiger partial charge in [0.1, 0.15) is 11.5 Å². The first-order valence-corrected chi connectivity index (χ1v) is 8.47. The topological polar surface area (TPSA) is 67.8 Å². The second-order valence-electron chi connectivity index (χ2n) is 5.30. The standard InChI is InChI=1S/C18H19Cl2NO4/c1-3-6-25-17-12(7-13(19)9-14(17)20)10-21-15-8-11(18(22)23)4-5-16(15)24-2/h4-5,7-9,21H,3,6,10H2,1-2H3,(H,22,23). The Morgan fingerprint density at radius 1 is 1.24 bits per heavy atom. The van der Waals surface area contributed by atoms with Crippen LogP contribution in [0, 0.1) is 0 Å². The van der Waals surface area contributed by atoms with Crippen molar-refractivity contribution in [1.29, 1.82) is 0 Å². The molecule has 2 N–H and O–H groups in total. The molecule has 7 heteroatoms. The Bertz CT molecular complexity index is 765. The molecule has 0 spiro atoms. The molecule has 2 aromatic carbocycles. The summed E-state index contributed by atoms with van der Waals surface area (Å²) < 4.78 is 11.0. The number of anilines is 1. The normalized spacial score (nSPS) is 10.4. The zero-order chi connectivity index (χ0) is 18.4. The summed E-state index contributed by atoms with van der Waals surface area (Å²) >= 11 is 12.3. The van der Waals surface area contributed by atoms with Crippen LogP contribution in [0.1, 0.15) is 29.3 Å². The van der Waals surface area contributed by atoms with Crippen LogP contribution in [0.5, 0.6) is 11.5 Å². The van der Waals surface area contributed by atoms with Crippen LogP contribution in [-0.4, -0.2) is 24.8 Å². The van der Waals surface area contributed by atoms with Crippen LogP contribution in [0.4, 0.5) is 5.69 Å². The molecule has 0 fully saturated rings. The highest BCUT2D eigenvalue weighted by Crippen LogP contribution is 2.34. The van der Waals surface area contributed by atoms with Crippen molar-refractivity contribution in [1.82, 2.24) is 0 Å². The van der Waals surface area contributed by atoms with E-state index in [9.17, 15) is 4.79 Å². The van der Waals surface area contributed by atoms with Gasteiger partial charge in [0.15, 0.2) is 0 Å². The van der Waals surface area contributed by atoms with Crippen LogP contribution < -0.4 is 14.8 Å². The first kappa shape index (κ1) is 19.2. The third kappa shape index (κ3) is 4.94. The monoisotopic (exact) mass is 383 g/mol. The molecule has 0 amide bonds. The molecule has 0 saturated carbocycles. The van der Waals surface area contributed by atoms with Gasteiger partial charge in [-0.3, -0.25) is 0 Å². The second kappa shape index (κ2) is 8.83. The van der Waals surface area contributed by atoms with E-state index in [1.54, 1.807) is 18.2 Å². The Hall–Kier alpha value is -2.11. The molecule has 0 aliphatic heterocycles. The van der Waals surface area contributed by atoms with E-state index in [0.29, 0.717) is 40.4 Å². The zero-order valence-corrected chi connectivity index (χ0v) is 15.4. The summed E-state index contributed by atoms with van der Waals surface area (Å²) in [6, 6.07) is 7.99. The number of rotatable bonds is 8. The van der Waals surface area contributed by atoms with Gasteiger partial charge in [-0.05, 0) is 36.8 Å². The van der Waals surface area contributed by atoms with E-state index in [1.807, 2.05) is 6.92 Å². The number of hydrogen-bond acceptors (Lipinski definition) is 4. The number of aromatic carboxylic acids is 1. The molecule has 0 heterocycles. The summed E-state index contributed by atoms with van der Waals surface area (Å²) in [5.74, 6) is 0.0893. The lowest BCUT2D eigenvalue weighted by Gasteiger charge is -2.16. The van der Waals surface area contributed by atoms with Gasteiger partial charge in [-0.15, -0.1) is 0 Å². The van der Waals surface area contributed by atoms with E-state index >= 15 is 0 Å². The molecule has 0 bridgehead atoms. The molecule has 2 rings (SSSR count). The molecular weight excluding hydrogens is 365 g/mol. The second-order valence-corrected chi connectivity index (χ2v) is 6.14. The van der Waals surface area contributed by atoms with Crippen LogP contribution >= 0.6 is 23.2 Å². The van der Waals surface area contributed by atoms with Crippen LogP contribution in [0.25, 0.3) is 0 Å². The van der Waals surface area contributed by atoms with Crippen molar-refractivity contribution in [3.63, 3.8) is 0 Å². The first-order valence-electron chi connectivity index (χ1n) is 7.72. The van der Waals surface area contributed by atoms with Crippen molar-refractivity contribution in [3.05, 3.63) is 51.5 Å². The molecule has 0 aromatic heterocycles. The number of benzene rings is 2. The molecule has 0 atom stereocenters. The van der Waals surface area contributed by atoms with Gasteiger partial charge in [0.05, 0.1) is 30.0 Å². The molecule has 5 nitrogen and oxygen atoms in total. The van der Waals surface area contributed by atoms with Gasteiger partial charge >= 0.3 is 5.97 Å². The van der Waals surface area contributed by atoms with Crippen LogP contribution in [0.15, 0.2) is 30.3 Å². The molecule has 25 heavy (non-hydrogen) atoms. The maximum atomic E-state index is 11.2. The fraction of sp³-hybridized carbons (Fsp3) is 0.278. The fourth-order valence-corrected chi connectivity index (χ4v) is 2.87. The van der Waals surface area contributed by atoms with Gasteiger partial charge in [-0.1, -0.05) is 30.1 Å². The lowest BCUT2D eigenvalue weighted by molar-refractivity contribution is 0.0697. The van der Waals surface area contributed by atoms with Gasteiger partial charge in [-0.25, -0.2) is 4.79 Å². The Labute approximate surface area is 156 Å². The number of methoxy groups -OCH3 is 1. The summed E-state index contributed by atoms with van der Waals surface area (Å²) in [6.45, 7) is 2.88. The maximum absolute atomic E-state index is 11.2. The van der Waals surface area contributed by atoms with Crippen molar-refractivity contribution in [2.24, 2.45) is 0 Å². The minimum atomic E-state index is -1.01. The zero-order valence-electron chi connectivity index (χ0n) is 13.9. The largest absolute Gasteiger partial charge is 0.495 e. The average molecular weight is 384 g/mol. The van der Waals surface area contributed by atoms with E-state index in [4.69, 9.17) is 37.8 Å². The van der Waals surface area contributed by atoms with E-state index in [-0.39, 0.29) is 5.56 Å². The van der Waals surface area contributed by atoms with Crippen molar-refractivity contribution in [2.75, 3.05) is 19.0 Å². The molecule has 0 saturated heterocycles. The smallest absolute Gasteiger partial charge is 0.335 e. The Morgan fingerprint density at radius 2 is 2.00 bits per heavy atom. The highest BCUT2D eigenvalue weighted by atomic mass is 35.5. The number of halogens is 2. The van der Waals surface area contributed by atoms with Crippen LogP contribution in [0.3, 0.4) is 0 Å². The van der Waals surface area contributed by atoms with Crippen molar-refractivity contribution in [3.8, 4) is 11.5 Å². The van der Waals surface area contributed by atoms with Gasteiger partial charge in [-0.2, -0.15) is 0 Å². The lowest BCUT2D eigenvalue weighted by atomic mass is 10.1. The van der Waals surface area contributed by atoms with E-state index in [0.717, 1.165) is 12.0 Å². The predicted molar refractivity (Wildman–Crippen MR) is 99.5 cm³/mol. The minimum absolute atomic E-state index is 0.162. The van der Waals surface area contributed by atoms with Crippen molar-refractivity contribution >= 4 is 34.9 Å². The Morgan fingerprint density at radius 3 is 2.64 bits per heavy atom. The molecule has 0 aliphatic rings. The van der Waals surface area contributed by atoms with Crippen LogP contribution in [0.2, 0.25) is 10.0 Å². The molecular formula is C18H19Cl2NO4. The summed E-state index contributed by atoms with van der Waals surface area (Å²) in [7, 11) is 1.52. The summed E-state index contributed by atoms with van der Waals surface area (Å²) in [5, 5.41) is 13.2. The molecule has 0 radical (unpaired) electrons. The van der Waals surface area contributed by atoms with Crippen molar-refractivity contribution in [2.45, 2.75) is 19.9 Å². The number of nitrogens with one attached hydrogen (secondary N) is 1. The van der Waals surface area contributed by atoms with E-state index in [1.165, 1.54) is 19.2 Å². The number of hydrogen-bond donors (Lipinski definition) is 2. The van der Waals surface area contributed by atoms with Gasteiger partial charge in [0.2, 0.25) is 0 Å². The van der Waals surface area contributed by atoms with Gasteiger partial charge in [0.25, 0.3) is 0 Å². The minimum Gasteiger partial charge on any atom is -0.495 e. The Kier molecular flexibility index (Phi) is 6.79. The van der Waals surface area contributed by atoms with Gasteiger partial charge < -0.3 is 19.9 Å². The van der Waals surface area contributed by atoms with Crippen LogP contribution in [-0.2, 0) is 6.54 Å². The van der Waals surface area contributed by atoms with Crippen molar-refractivity contribution < 1.29 is 19.4 Å². The average Bonchev–Trinajstić information content (AvgIpc) is 2.58. The number of carbonyl (C=O) groups is 1. The SMILES string of the molecule is CCCOc1c(Cl)cc(Cl)cc1CNc1cc(C(=O)O)ccc1OC. The predicted octanol–water partition coefficient (Wildman–Crippen LogP) is 5.10. The number of carboxylic acid groups (broad SMARTS) is 1. The fourth-order valence-electron chi connectivity index (χ4n) is 2.28. The third-order valence-corrected chi connectivity index (χ3v) is 3.95. The van der Waals surface area contributed by atoms with Gasteiger partial charge in [0, 0.05) is 17.1 Å². The number of carboxylic acids is 1. The summed E-state index contributed by atoms with van der Waals surface area (Å²) in [6.07, 6.45) is 0.848. The quantitative estimate of drug-likeness (QED) is 0.663. The molecule has 2 aromatic rings. The first-order chi connectivity index (χ1) is 12.0. The molecule has 0 aliphatic carbocycles. The maximum Gasteiger partial charge on any atom is 0.335 e. The van der Waals surface area contributed by atoms with E-state index in [2.05, 4.69) is 5.32 Å². The Balaban J connectivity index is 2.29. The van der Waals surface area contributed by atoms with E-state index < -0.39 is 5.97 Å². The highest BCUT2D eigenvalue weighted by molar-refractivity contribution is 6.35. The molecule has 0 unspecified atom stereocenters. The third-order valence-electron chi connectivity index (χ3n) is 3.45. The summed E-state index contributed by atoms with van der Waals surface area (Å²) in [4.78, 5) is 11.2. The lowest BCUT2D eigenvalue weighted by Crippen LogP contribution is -2.07. The highest BCUT2D eigenvalue weighted by Gasteiger charge is 2.13. The molecule has 134 valence electrons. The number of ether oxygens (including phenoxy) is 2. The summed E-state index contributed by atoms with van der Waals surface area (Å²) in [5.41, 5.74) is 1.49.